The Morgan fingerprint density at radius 2 is 1.92 bits per heavy atom. The van der Waals surface area contributed by atoms with Crippen LogP contribution in [-0.4, -0.2) is 42.6 Å². The topological polar surface area (TPSA) is 55.8 Å². The molecular formula is C19H26ClNO4. The number of nitrogens with zero attached hydrogens (tertiary/aromatic N) is 1. The molecule has 1 amide bonds. The second kappa shape index (κ2) is 10.3. The second-order valence-corrected chi connectivity index (χ2v) is 6.56. The molecule has 25 heavy (non-hydrogen) atoms. The van der Waals surface area contributed by atoms with Gasteiger partial charge >= 0.3 is 5.97 Å². The molecule has 0 N–H and O–H groups in total. The first-order chi connectivity index (χ1) is 12.1. The van der Waals surface area contributed by atoms with Crippen molar-refractivity contribution < 1.29 is 19.1 Å². The lowest BCUT2D eigenvalue weighted by molar-refractivity contribution is -0.145. The Kier molecular flexibility index (Phi) is 8.06. The largest absolute Gasteiger partial charge is 0.482 e. The smallest absolute Gasteiger partial charge is 0.307 e. The van der Waals surface area contributed by atoms with Gasteiger partial charge in [0.15, 0.2) is 6.61 Å². The molecule has 0 saturated heterocycles. The molecule has 6 heteroatoms. The van der Waals surface area contributed by atoms with Crippen LogP contribution in [0.15, 0.2) is 24.3 Å². The molecule has 138 valence electrons. The van der Waals surface area contributed by atoms with Gasteiger partial charge in [0.05, 0.1) is 18.1 Å². The average Bonchev–Trinajstić information content (AvgIpc) is 2.62. The van der Waals surface area contributed by atoms with E-state index in [-0.39, 0.29) is 30.9 Å². The van der Waals surface area contributed by atoms with Crippen LogP contribution in [0.4, 0.5) is 0 Å². The van der Waals surface area contributed by atoms with Crippen molar-refractivity contribution in [1.82, 2.24) is 4.90 Å². The minimum absolute atomic E-state index is 0.0803. The molecule has 2 rings (SSSR count). The number of halogens is 1. The minimum atomic E-state index is -0.275. The van der Waals surface area contributed by atoms with E-state index in [0.717, 1.165) is 25.7 Å². The van der Waals surface area contributed by atoms with Crippen molar-refractivity contribution >= 4 is 23.5 Å². The van der Waals surface area contributed by atoms with Gasteiger partial charge in [0.25, 0.3) is 5.91 Å². The monoisotopic (exact) mass is 367 g/mol. The summed E-state index contributed by atoms with van der Waals surface area (Å²) in [5.74, 6) is 0.103. The zero-order chi connectivity index (χ0) is 18.1. The highest BCUT2D eigenvalue weighted by atomic mass is 35.5. The average molecular weight is 368 g/mol. The van der Waals surface area contributed by atoms with Gasteiger partial charge in [-0.1, -0.05) is 43.0 Å². The fourth-order valence-corrected chi connectivity index (χ4v) is 3.32. The van der Waals surface area contributed by atoms with Crippen LogP contribution in [0.1, 0.15) is 45.4 Å². The lowest BCUT2D eigenvalue weighted by atomic mass is 9.94. The fraction of sp³-hybridized carbons (Fsp3) is 0.579. The zero-order valence-electron chi connectivity index (χ0n) is 14.7. The van der Waals surface area contributed by atoms with Crippen molar-refractivity contribution in [3.05, 3.63) is 29.3 Å². The first-order valence-electron chi connectivity index (χ1n) is 8.94. The number of hydrogen-bond acceptors (Lipinski definition) is 4. The number of amides is 1. The highest BCUT2D eigenvalue weighted by Crippen LogP contribution is 2.25. The number of carbonyl (C=O) groups excluding carboxylic acids is 2. The third-order valence-electron chi connectivity index (χ3n) is 4.39. The van der Waals surface area contributed by atoms with Gasteiger partial charge in [0.1, 0.15) is 5.75 Å². The summed E-state index contributed by atoms with van der Waals surface area (Å²) in [6.07, 6.45) is 5.58. The van der Waals surface area contributed by atoms with Crippen LogP contribution in [0.3, 0.4) is 0 Å². The first-order valence-corrected chi connectivity index (χ1v) is 9.32. The van der Waals surface area contributed by atoms with Gasteiger partial charge in [0.2, 0.25) is 0 Å². The normalized spacial score (nSPS) is 14.8. The van der Waals surface area contributed by atoms with Gasteiger partial charge in [-0.3, -0.25) is 9.59 Å². The fourth-order valence-electron chi connectivity index (χ4n) is 3.13. The summed E-state index contributed by atoms with van der Waals surface area (Å²) in [6, 6.07) is 7.25. The number of hydrogen-bond donors (Lipinski definition) is 0. The van der Waals surface area contributed by atoms with Gasteiger partial charge in [-0.05, 0) is 31.9 Å². The molecule has 1 aliphatic rings. The van der Waals surface area contributed by atoms with Crippen molar-refractivity contribution in [3.63, 3.8) is 0 Å². The van der Waals surface area contributed by atoms with Crippen molar-refractivity contribution in [1.29, 1.82) is 0 Å². The molecule has 0 aliphatic heterocycles. The van der Waals surface area contributed by atoms with E-state index in [1.165, 1.54) is 6.42 Å². The molecule has 0 heterocycles. The van der Waals surface area contributed by atoms with Gasteiger partial charge in [-0.15, -0.1) is 0 Å². The Hall–Kier alpha value is -1.75. The highest BCUT2D eigenvalue weighted by molar-refractivity contribution is 6.32. The van der Waals surface area contributed by atoms with Gasteiger partial charge < -0.3 is 14.4 Å². The molecule has 1 aliphatic carbocycles. The van der Waals surface area contributed by atoms with Crippen molar-refractivity contribution in [2.24, 2.45) is 0 Å². The van der Waals surface area contributed by atoms with Crippen molar-refractivity contribution in [3.8, 4) is 5.75 Å². The summed E-state index contributed by atoms with van der Waals surface area (Å²) in [5.41, 5.74) is 0. The molecule has 1 aromatic carbocycles. The Labute approximate surface area is 154 Å². The minimum Gasteiger partial charge on any atom is -0.482 e. The summed E-state index contributed by atoms with van der Waals surface area (Å²) in [6.45, 7) is 2.42. The predicted octanol–water partition coefficient (Wildman–Crippen LogP) is 3.83. The molecule has 0 unspecified atom stereocenters. The lowest BCUT2D eigenvalue weighted by Gasteiger charge is -2.34. The van der Waals surface area contributed by atoms with Crippen LogP contribution in [0.2, 0.25) is 5.02 Å². The SMILES string of the molecule is CCOC(=O)CCN(C(=O)COc1ccccc1Cl)C1CCCCC1. The zero-order valence-corrected chi connectivity index (χ0v) is 15.5. The molecule has 0 aromatic heterocycles. The van der Waals surface area contributed by atoms with Crippen LogP contribution >= 0.6 is 11.6 Å². The number of carbonyl (C=O) groups is 2. The Morgan fingerprint density at radius 3 is 2.60 bits per heavy atom. The third kappa shape index (κ3) is 6.24. The van der Waals surface area contributed by atoms with E-state index in [9.17, 15) is 9.59 Å². The first kappa shape index (κ1) is 19.6. The second-order valence-electron chi connectivity index (χ2n) is 6.15. The molecule has 1 aromatic rings. The third-order valence-corrected chi connectivity index (χ3v) is 4.70. The Balaban J connectivity index is 1.96. The standard InChI is InChI=1S/C19H26ClNO4/c1-2-24-19(23)12-13-21(15-8-4-3-5-9-15)18(22)14-25-17-11-7-6-10-16(17)20/h6-7,10-11,15H,2-5,8-9,12-14H2,1H3. The number of esters is 1. The van der Waals surface area contributed by atoms with Gasteiger partial charge in [-0.2, -0.15) is 0 Å². The lowest BCUT2D eigenvalue weighted by Crippen LogP contribution is -2.45. The predicted molar refractivity (Wildman–Crippen MR) is 96.8 cm³/mol. The Morgan fingerprint density at radius 1 is 1.20 bits per heavy atom. The van der Waals surface area contributed by atoms with Crippen molar-refractivity contribution in [2.45, 2.75) is 51.5 Å². The highest BCUT2D eigenvalue weighted by Gasteiger charge is 2.26. The maximum absolute atomic E-state index is 12.7. The number of rotatable bonds is 8. The maximum Gasteiger partial charge on any atom is 0.307 e. The van der Waals surface area contributed by atoms with Crippen LogP contribution in [0.5, 0.6) is 5.75 Å². The molecule has 1 fully saturated rings. The van der Waals surface area contributed by atoms with E-state index in [0.29, 0.717) is 23.9 Å². The molecule has 0 radical (unpaired) electrons. The van der Waals surface area contributed by atoms with Crippen LogP contribution in [0, 0.1) is 0 Å². The summed E-state index contributed by atoms with van der Waals surface area (Å²) in [5, 5.41) is 0.478. The maximum atomic E-state index is 12.7. The quantitative estimate of drug-likeness (QED) is 0.655. The molecule has 5 nitrogen and oxygen atoms in total. The molecule has 1 saturated carbocycles. The van der Waals surface area contributed by atoms with E-state index in [1.807, 2.05) is 12.1 Å². The van der Waals surface area contributed by atoms with E-state index >= 15 is 0 Å². The van der Waals surface area contributed by atoms with Crippen LogP contribution < -0.4 is 4.74 Å². The number of para-hydroxylation sites is 1. The molecule has 0 spiro atoms. The van der Waals surface area contributed by atoms with Gasteiger partial charge in [-0.25, -0.2) is 0 Å². The Bertz CT molecular complexity index is 572. The number of ether oxygens (including phenoxy) is 2. The van der Waals surface area contributed by atoms with Crippen LogP contribution in [-0.2, 0) is 14.3 Å². The van der Waals surface area contributed by atoms with E-state index in [4.69, 9.17) is 21.1 Å². The van der Waals surface area contributed by atoms with Crippen LogP contribution in [0.25, 0.3) is 0 Å². The summed E-state index contributed by atoms with van der Waals surface area (Å²) in [7, 11) is 0. The van der Waals surface area contributed by atoms with Crippen molar-refractivity contribution in [2.75, 3.05) is 19.8 Å². The van der Waals surface area contributed by atoms with Gasteiger partial charge in [0, 0.05) is 12.6 Å². The van der Waals surface area contributed by atoms with E-state index in [1.54, 1.807) is 24.0 Å². The number of benzene rings is 1. The van der Waals surface area contributed by atoms with E-state index < -0.39 is 0 Å². The van der Waals surface area contributed by atoms with E-state index in [2.05, 4.69) is 0 Å². The summed E-state index contributed by atoms with van der Waals surface area (Å²) >= 11 is 6.06. The molecular weight excluding hydrogens is 342 g/mol. The summed E-state index contributed by atoms with van der Waals surface area (Å²) < 4.78 is 10.6. The molecule has 0 atom stereocenters. The molecule has 0 bridgehead atoms. The summed E-state index contributed by atoms with van der Waals surface area (Å²) in [4.78, 5) is 26.2.